The standard InChI is InChI=1S/C16H22N2O2/c1-10(2)18-15(19)6-4-13(17)16(18)12-3-5-14-11(9-12)7-8-20-14/h3,5,9-10,13,16H,4,6-8,17H2,1-2H3. The molecule has 2 unspecified atom stereocenters. The molecule has 1 amide bonds. The second kappa shape index (κ2) is 5.09. The van der Waals surface area contributed by atoms with Crippen molar-refractivity contribution in [1.29, 1.82) is 0 Å². The zero-order valence-corrected chi connectivity index (χ0v) is 12.1. The van der Waals surface area contributed by atoms with Gasteiger partial charge >= 0.3 is 0 Å². The van der Waals surface area contributed by atoms with Gasteiger partial charge in [-0.1, -0.05) is 6.07 Å². The Kier molecular flexibility index (Phi) is 3.42. The summed E-state index contributed by atoms with van der Waals surface area (Å²) in [6.07, 6.45) is 2.27. The van der Waals surface area contributed by atoms with E-state index in [1.54, 1.807) is 0 Å². The smallest absolute Gasteiger partial charge is 0.223 e. The highest BCUT2D eigenvalue weighted by atomic mass is 16.5. The normalized spacial score (nSPS) is 25.8. The topological polar surface area (TPSA) is 55.6 Å². The molecule has 2 atom stereocenters. The van der Waals surface area contributed by atoms with Crippen LogP contribution in [0.3, 0.4) is 0 Å². The average Bonchev–Trinajstić information content (AvgIpc) is 2.87. The van der Waals surface area contributed by atoms with Gasteiger partial charge in [-0.3, -0.25) is 4.79 Å². The number of piperidine rings is 1. The molecule has 2 aliphatic rings. The van der Waals surface area contributed by atoms with E-state index in [2.05, 4.69) is 26.0 Å². The van der Waals surface area contributed by atoms with Gasteiger partial charge in [-0.25, -0.2) is 0 Å². The quantitative estimate of drug-likeness (QED) is 0.897. The molecule has 1 aromatic carbocycles. The maximum absolute atomic E-state index is 12.2. The van der Waals surface area contributed by atoms with Crippen molar-refractivity contribution in [3.63, 3.8) is 0 Å². The fourth-order valence-electron chi connectivity index (χ4n) is 3.35. The predicted octanol–water partition coefficient (Wildman–Crippen LogP) is 2.02. The molecule has 108 valence electrons. The lowest BCUT2D eigenvalue weighted by molar-refractivity contribution is -0.139. The van der Waals surface area contributed by atoms with Crippen LogP contribution < -0.4 is 10.5 Å². The fourth-order valence-corrected chi connectivity index (χ4v) is 3.35. The molecule has 4 nitrogen and oxygen atoms in total. The zero-order valence-electron chi connectivity index (χ0n) is 12.1. The molecule has 2 heterocycles. The third-order valence-electron chi connectivity index (χ3n) is 4.30. The number of ether oxygens (including phenoxy) is 1. The molecule has 3 rings (SSSR count). The van der Waals surface area contributed by atoms with Crippen LogP contribution in [0.5, 0.6) is 5.75 Å². The van der Waals surface area contributed by atoms with Crippen LogP contribution in [0, 0.1) is 0 Å². The highest BCUT2D eigenvalue weighted by Gasteiger charge is 2.36. The lowest BCUT2D eigenvalue weighted by Crippen LogP contribution is -2.51. The van der Waals surface area contributed by atoms with E-state index in [0.717, 1.165) is 30.8 Å². The minimum atomic E-state index is -0.0119. The van der Waals surface area contributed by atoms with E-state index in [-0.39, 0.29) is 24.0 Å². The van der Waals surface area contributed by atoms with Crippen LogP contribution in [0.1, 0.15) is 43.9 Å². The molecule has 0 radical (unpaired) electrons. The van der Waals surface area contributed by atoms with Crippen LogP contribution in [0.25, 0.3) is 0 Å². The van der Waals surface area contributed by atoms with E-state index in [1.165, 1.54) is 5.56 Å². The van der Waals surface area contributed by atoms with Crippen LogP contribution in [0.15, 0.2) is 18.2 Å². The van der Waals surface area contributed by atoms with Crippen molar-refractivity contribution in [3.8, 4) is 5.75 Å². The van der Waals surface area contributed by atoms with E-state index in [9.17, 15) is 4.79 Å². The fraction of sp³-hybridized carbons (Fsp3) is 0.562. The Labute approximate surface area is 119 Å². The molecule has 0 aromatic heterocycles. The van der Waals surface area contributed by atoms with Crippen LogP contribution in [-0.2, 0) is 11.2 Å². The minimum Gasteiger partial charge on any atom is -0.493 e. The molecule has 2 aliphatic heterocycles. The highest BCUT2D eigenvalue weighted by Crippen LogP contribution is 2.35. The number of fused-ring (bicyclic) bond motifs is 1. The number of hydrogen-bond donors (Lipinski definition) is 1. The highest BCUT2D eigenvalue weighted by molar-refractivity contribution is 5.78. The van der Waals surface area contributed by atoms with Gasteiger partial charge in [-0.2, -0.15) is 0 Å². The number of likely N-dealkylation sites (tertiary alicyclic amines) is 1. The van der Waals surface area contributed by atoms with Crippen molar-refractivity contribution >= 4 is 5.91 Å². The first kappa shape index (κ1) is 13.4. The summed E-state index contributed by atoms with van der Waals surface area (Å²) in [4.78, 5) is 14.2. The lowest BCUT2D eigenvalue weighted by Gasteiger charge is -2.42. The summed E-state index contributed by atoms with van der Waals surface area (Å²) in [5, 5.41) is 0. The van der Waals surface area contributed by atoms with Gasteiger partial charge in [0.15, 0.2) is 0 Å². The summed E-state index contributed by atoms with van der Waals surface area (Å²) >= 11 is 0. The summed E-state index contributed by atoms with van der Waals surface area (Å²) in [5.41, 5.74) is 8.70. The largest absolute Gasteiger partial charge is 0.493 e. The molecule has 0 bridgehead atoms. The van der Waals surface area contributed by atoms with Gasteiger partial charge < -0.3 is 15.4 Å². The van der Waals surface area contributed by atoms with Gasteiger partial charge in [-0.15, -0.1) is 0 Å². The summed E-state index contributed by atoms with van der Waals surface area (Å²) in [6.45, 7) is 4.86. The van der Waals surface area contributed by atoms with E-state index < -0.39 is 0 Å². The molecule has 20 heavy (non-hydrogen) atoms. The summed E-state index contributed by atoms with van der Waals surface area (Å²) in [5.74, 6) is 1.18. The van der Waals surface area contributed by atoms with Crippen LogP contribution >= 0.6 is 0 Å². The number of hydrogen-bond acceptors (Lipinski definition) is 3. The molecular formula is C16H22N2O2. The Morgan fingerprint density at radius 2 is 2.15 bits per heavy atom. The molecule has 1 aromatic rings. The Hall–Kier alpha value is -1.55. The number of carbonyl (C=O) groups is 1. The van der Waals surface area contributed by atoms with Gasteiger partial charge in [-0.05, 0) is 43.5 Å². The van der Waals surface area contributed by atoms with Gasteiger partial charge in [0.25, 0.3) is 0 Å². The van der Waals surface area contributed by atoms with Crippen molar-refractivity contribution in [1.82, 2.24) is 4.90 Å². The first-order valence-corrected chi connectivity index (χ1v) is 7.40. The third kappa shape index (κ3) is 2.18. The number of nitrogens with zero attached hydrogens (tertiary/aromatic N) is 1. The molecule has 0 spiro atoms. The van der Waals surface area contributed by atoms with Crippen LogP contribution in [-0.4, -0.2) is 29.5 Å². The van der Waals surface area contributed by atoms with E-state index >= 15 is 0 Å². The van der Waals surface area contributed by atoms with Crippen molar-refractivity contribution in [2.24, 2.45) is 5.73 Å². The minimum absolute atomic E-state index is 0.00970. The average molecular weight is 274 g/mol. The Balaban J connectivity index is 1.98. The third-order valence-corrected chi connectivity index (χ3v) is 4.30. The molecule has 1 saturated heterocycles. The first-order chi connectivity index (χ1) is 9.58. The number of nitrogens with two attached hydrogens (primary N) is 1. The molecule has 2 N–H and O–H groups in total. The Morgan fingerprint density at radius 3 is 2.90 bits per heavy atom. The number of benzene rings is 1. The van der Waals surface area contributed by atoms with Gasteiger partial charge in [0.2, 0.25) is 5.91 Å². The monoisotopic (exact) mass is 274 g/mol. The van der Waals surface area contributed by atoms with Crippen molar-refractivity contribution < 1.29 is 9.53 Å². The summed E-state index contributed by atoms with van der Waals surface area (Å²) in [6, 6.07) is 6.41. The maximum Gasteiger partial charge on any atom is 0.223 e. The van der Waals surface area contributed by atoms with E-state index in [0.29, 0.717) is 6.42 Å². The maximum atomic E-state index is 12.2. The Bertz CT molecular complexity index is 527. The van der Waals surface area contributed by atoms with Gasteiger partial charge in [0.1, 0.15) is 5.75 Å². The first-order valence-electron chi connectivity index (χ1n) is 7.40. The summed E-state index contributed by atoms with van der Waals surface area (Å²) < 4.78 is 5.55. The number of carbonyl (C=O) groups excluding carboxylic acids is 1. The summed E-state index contributed by atoms with van der Waals surface area (Å²) in [7, 11) is 0. The van der Waals surface area contributed by atoms with E-state index in [4.69, 9.17) is 10.5 Å². The molecule has 0 saturated carbocycles. The number of rotatable bonds is 2. The molecule has 4 heteroatoms. The Morgan fingerprint density at radius 1 is 1.35 bits per heavy atom. The van der Waals surface area contributed by atoms with Gasteiger partial charge in [0.05, 0.1) is 12.6 Å². The molecule has 0 aliphatic carbocycles. The SMILES string of the molecule is CC(C)N1C(=O)CCC(N)C1c1ccc2c(c1)CCO2. The van der Waals surface area contributed by atoms with Crippen LogP contribution in [0.2, 0.25) is 0 Å². The van der Waals surface area contributed by atoms with Crippen molar-refractivity contribution in [2.45, 2.75) is 51.2 Å². The predicted molar refractivity (Wildman–Crippen MR) is 77.6 cm³/mol. The second-order valence-electron chi connectivity index (χ2n) is 6.01. The van der Waals surface area contributed by atoms with Crippen LogP contribution in [0.4, 0.5) is 0 Å². The molecular weight excluding hydrogens is 252 g/mol. The zero-order chi connectivity index (χ0) is 14.3. The van der Waals surface area contributed by atoms with E-state index in [1.807, 2.05) is 11.0 Å². The van der Waals surface area contributed by atoms with Crippen molar-refractivity contribution in [3.05, 3.63) is 29.3 Å². The molecule has 1 fully saturated rings. The lowest BCUT2D eigenvalue weighted by atomic mass is 9.88. The van der Waals surface area contributed by atoms with Gasteiger partial charge in [0, 0.05) is 24.9 Å². The van der Waals surface area contributed by atoms with Crippen molar-refractivity contribution in [2.75, 3.05) is 6.61 Å². The second-order valence-corrected chi connectivity index (χ2v) is 6.01. The number of amides is 1.